The Hall–Kier alpha value is -1.76. The maximum Gasteiger partial charge on any atom is 0.410 e. The average molecular weight is 621 g/mol. The fraction of sp³-hybridized carbons (Fsp3) is 0.710. The molecule has 3 aliphatic heterocycles. The number of carbonyl (C=O) groups is 1. The Balaban J connectivity index is 1.62. The summed E-state index contributed by atoms with van der Waals surface area (Å²) < 4.78 is 48.9. The van der Waals surface area contributed by atoms with Crippen molar-refractivity contribution in [3.8, 4) is 0 Å². The summed E-state index contributed by atoms with van der Waals surface area (Å²) in [6.07, 6.45) is 3.37. The minimum atomic E-state index is -3.76. The van der Waals surface area contributed by atoms with E-state index in [-0.39, 0.29) is 22.4 Å². The summed E-state index contributed by atoms with van der Waals surface area (Å²) in [5.41, 5.74) is -2.48. The summed E-state index contributed by atoms with van der Waals surface area (Å²) in [5.74, 6) is 0.0901. The Morgan fingerprint density at radius 3 is 2.33 bits per heavy atom. The Morgan fingerprint density at radius 1 is 1.10 bits per heavy atom. The molecule has 42 heavy (non-hydrogen) atoms. The van der Waals surface area contributed by atoms with Gasteiger partial charge in [0.05, 0.1) is 17.0 Å². The van der Waals surface area contributed by atoms with Gasteiger partial charge in [0, 0.05) is 25.0 Å². The number of piperidine rings is 1. The van der Waals surface area contributed by atoms with E-state index >= 15 is 0 Å². The number of rotatable bonds is 4. The first-order valence-corrected chi connectivity index (χ1v) is 19.5. The van der Waals surface area contributed by atoms with E-state index in [1.165, 1.54) is 0 Å². The molecule has 234 valence electrons. The van der Waals surface area contributed by atoms with Crippen LogP contribution in [-0.2, 0) is 23.9 Å². The van der Waals surface area contributed by atoms with Crippen LogP contribution in [0.25, 0.3) is 0 Å². The van der Waals surface area contributed by atoms with Crippen LogP contribution >= 0.6 is 0 Å². The molecule has 3 heterocycles. The smallest absolute Gasteiger partial charge is 0.410 e. The van der Waals surface area contributed by atoms with Crippen LogP contribution in [0.5, 0.6) is 0 Å². The van der Waals surface area contributed by atoms with Gasteiger partial charge in [0.15, 0.2) is 14.6 Å². The number of carbonyl (C=O) groups excluding carboxylic acids is 1. The van der Waals surface area contributed by atoms with Crippen LogP contribution < -0.4 is 0 Å². The number of fused-ring (bicyclic) bond motifs is 1. The van der Waals surface area contributed by atoms with E-state index < -0.39 is 59.5 Å². The topological polar surface area (TPSA) is 106 Å². The van der Waals surface area contributed by atoms with Gasteiger partial charge in [-0.25, -0.2) is 13.2 Å². The first-order chi connectivity index (χ1) is 19.3. The number of nitrogens with zero attached hydrogens (tertiary/aromatic N) is 2. The second-order valence-corrected chi connectivity index (χ2v) is 21.7. The zero-order chi connectivity index (χ0) is 30.9. The zero-order valence-electron chi connectivity index (χ0n) is 26.3. The lowest BCUT2D eigenvalue weighted by molar-refractivity contribution is -0.228. The lowest BCUT2D eigenvalue weighted by Gasteiger charge is -2.61. The molecule has 1 aliphatic carbocycles. The highest BCUT2D eigenvalue weighted by Crippen LogP contribution is 2.61. The Labute approximate surface area is 252 Å². The van der Waals surface area contributed by atoms with E-state index in [0.29, 0.717) is 32.4 Å². The predicted octanol–water partition coefficient (Wildman–Crippen LogP) is 5.13. The molecule has 1 N–H and O–H groups in total. The first kappa shape index (κ1) is 31.7. The number of hydrogen-bond acceptors (Lipinski definition) is 7. The molecule has 2 saturated heterocycles. The van der Waals surface area contributed by atoms with Gasteiger partial charge in [-0.1, -0.05) is 39.0 Å². The van der Waals surface area contributed by atoms with Gasteiger partial charge in [0.2, 0.25) is 10.0 Å². The summed E-state index contributed by atoms with van der Waals surface area (Å²) in [6, 6.07) is 7.94. The predicted molar refractivity (Wildman–Crippen MR) is 163 cm³/mol. The van der Waals surface area contributed by atoms with Crippen molar-refractivity contribution in [3.63, 3.8) is 0 Å². The third-order valence-corrected chi connectivity index (χ3v) is 16.6. The maximum absolute atomic E-state index is 13.9. The molecule has 1 aromatic carbocycles. The molecular weight excluding hydrogens is 573 g/mol. The highest BCUT2D eigenvalue weighted by molar-refractivity contribution is 7.89. The largest absolute Gasteiger partial charge is 0.444 e. The van der Waals surface area contributed by atoms with Crippen LogP contribution in [0, 0.1) is 11.3 Å². The monoisotopic (exact) mass is 620 g/mol. The Bertz CT molecular complexity index is 1320. The minimum Gasteiger partial charge on any atom is -0.444 e. The van der Waals surface area contributed by atoms with Gasteiger partial charge in [-0.05, 0) is 88.4 Å². The molecule has 0 aromatic heterocycles. The lowest BCUT2D eigenvalue weighted by Crippen LogP contribution is -2.73. The molecule has 1 saturated carbocycles. The molecule has 1 amide bonds. The molecule has 0 bridgehead atoms. The molecule has 3 fully saturated rings. The van der Waals surface area contributed by atoms with Crippen molar-refractivity contribution in [3.05, 3.63) is 42.5 Å². The zero-order valence-corrected chi connectivity index (χ0v) is 28.1. The van der Waals surface area contributed by atoms with E-state index in [9.17, 15) is 18.3 Å². The van der Waals surface area contributed by atoms with Gasteiger partial charge in [0.1, 0.15) is 11.2 Å². The van der Waals surface area contributed by atoms with E-state index in [1.807, 2.05) is 26.8 Å². The van der Waals surface area contributed by atoms with E-state index in [0.717, 1.165) is 0 Å². The molecule has 1 aromatic rings. The van der Waals surface area contributed by atoms with Crippen LogP contribution in [-0.4, -0.2) is 86.4 Å². The van der Waals surface area contributed by atoms with Gasteiger partial charge in [-0.15, -0.1) is 0 Å². The fourth-order valence-corrected chi connectivity index (χ4v) is 10.2. The molecule has 2 unspecified atom stereocenters. The van der Waals surface area contributed by atoms with Gasteiger partial charge < -0.3 is 23.9 Å². The first-order valence-electron chi connectivity index (χ1n) is 15.1. The summed E-state index contributed by atoms with van der Waals surface area (Å²) in [5, 5.41) is 10.7. The van der Waals surface area contributed by atoms with Crippen molar-refractivity contribution in [2.24, 2.45) is 11.3 Å². The van der Waals surface area contributed by atoms with Crippen molar-refractivity contribution < 1.29 is 32.2 Å². The van der Waals surface area contributed by atoms with Crippen molar-refractivity contribution in [2.75, 3.05) is 19.6 Å². The van der Waals surface area contributed by atoms with Crippen LogP contribution in [0.1, 0.15) is 60.8 Å². The van der Waals surface area contributed by atoms with Gasteiger partial charge in [0.25, 0.3) is 0 Å². The number of aliphatic hydroxyl groups excluding tert-OH is 1. The quantitative estimate of drug-likeness (QED) is 0.368. The van der Waals surface area contributed by atoms with Crippen molar-refractivity contribution >= 4 is 24.4 Å². The molecule has 9 nitrogen and oxygen atoms in total. The van der Waals surface area contributed by atoms with Crippen LogP contribution in [0.15, 0.2) is 47.4 Å². The summed E-state index contributed by atoms with van der Waals surface area (Å²) in [7, 11) is -6.09. The standard InChI is InChI=1S/C31H48N2O7SSi/c1-28(2,3)39-27(35)33-19-17-30-21-32(41(36,37)23-12-10-9-11-13-23)18-15-22(30)20-24(40-42(7,8)29(4,5)6)31(26(30)33)16-14-25(34)38-31/h9-14,16,22,24-26,34H,15,17-21H2,1-8H3/t22-,24?,25?,26+,30-,31-/m0/s1. The van der Waals surface area contributed by atoms with E-state index in [2.05, 4.69) is 33.9 Å². The number of hydrogen-bond donors (Lipinski definition) is 1. The number of benzene rings is 1. The highest BCUT2D eigenvalue weighted by atomic mass is 32.2. The van der Waals surface area contributed by atoms with E-state index in [4.69, 9.17) is 13.9 Å². The normalized spacial score (nSPS) is 34.0. The van der Waals surface area contributed by atoms with Crippen molar-refractivity contribution in [1.29, 1.82) is 0 Å². The molecule has 11 heteroatoms. The van der Waals surface area contributed by atoms with Crippen molar-refractivity contribution in [1.82, 2.24) is 9.21 Å². The lowest BCUT2D eigenvalue weighted by atomic mass is 9.55. The maximum atomic E-state index is 13.9. The fourth-order valence-electron chi connectivity index (χ4n) is 7.28. The van der Waals surface area contributed by atoms with Gasteiger partial charge >= 0.3 is 6.09 Å². The number of likely N-dealkylation sites (tertiary alicyclic amines) is 1. The molecule has 0 radical (unpaired) electrons. The van der Waals surface area contributed by atoms with Crippen LogP contribution in [0.2, 0.25) is 18.1 Å². The third-order valence-electron chi connectivity index (χ3n) is 10.2. The molecule has 5 rings (SSSR count). The third kappa shape index (κ3) is 5.28. The number of aliphatic hydroxyl groups is 1. The SMILES string of the molecule is CC(C)(C)OC(=O)N1CC[C@]23CN(S(=O)(=O)c4ccccc4)CC[C@H]2CC(O[Si](C)(C)C(C)(C)C)[C@@]2(C=CC(O)O2)[C@H]13. The highest BCUT2D eigenvalue weighted by Gasteiger charge is 2.71. The second kappa shape index (κ2) is 10.4. The average Bonchev–Trinajstić information content (AvgIpc) is 3.45. The minimum absolute atomic E-state index is 0.0721. The molecule has 2 spiro atoms. The Kier molecular flexibility index (Phi) is 7.85. The summed E-state index contributed by atoms with van der Waals surface area (Å²) >= 11 is 0. The number of ether oxygens (including phenoxy) is 2. The summed E-state index contributed by atoms with van der Waals surface area (Å²) in [4.78, 5) is 15.9. The van der Waals surface area contributed by atoms with Crippen molar-refractivity contribution in [2.45, 2.75) is 113 Å². The van der Waals surface area contributed by atoms with E-state index in [1.54, 1.807) is 45.6 Å². The van der Waals surface area contributed by atoms with Gasteiger partial charge in [-0.3, -0.25) is 0 Å². The molecule has 4 aliphatic rings. The molecule has 6 atom stereocenters. The van der Waals surface area contributed by atoms with Crippen LogP contribution in [0.3, 0.4) is 0 Å². The second-order valence-electron chi connectivity index (χ2n) is 15.0. The summed E-state index contributed by atoms with van der Waals surface area (Å²) in [6.45, 7) is 17.5. The Morgan fingerprint density at radius 2 is 1.76 bits per heavy atom. The number of sulfonamides is 1. The number of amides is 1. The van der Waals surface area contributed by atoms with Gasteiger partial charge in [-0.2, -0.15) is 4.31 Å². The van der Waals surface area contributed by atoms with Crippen LogP contribution in [0.4, 0.5) is 4.79 Å². The molecular formula is C31H48N2O7SSi.